The van der Waals surface area contributed by atoms with E-state index in [0.29, 0.717) is 0 Å². The van der Waals surface area contributed by atoms with E-state index in [4.69, 9.17) is 0 Å². The molecular weight excluding hydrogens is 210 g/mol. The molecule has 0 aliphatic heterocycles. The van der Waals surface area contributed by atoms with Gasteiger partial charge in [0.1, 0.15) is 14.1 Å². The molecule has 0 bridgehead atoms. The average Bonchev–Trinajstić information content (AvgIpc) is 2.21. The first kappa shape index (κ1) is 14.2. The molecule has 0 atom stereocenters. The van der Waals surface area contributed by atoms with Gasteiger partial charge in [0.25, 0.3) is 0 Å². The van der Waals surface area contributed by atoms with Crippen molar-refractivity contribution < 1.29 is 18.5 Å². The van der Waals surface area contributed by atoms with Crippen molar-refractivity contribution in [2.75, 3.05) is 0 Å². The molecule has 0 N–H and O–H groups in total. The number of hydrogen-bond acceptors (Lipinski definition) is 0. The smallest absolute Gasteiger partial charge is 0.169 e. The Hall–Kier alpha value is -1.84. The van der Waals surface area contributed by atoms with Gasteiger partial charge < -0.3 is 9.41 Å². The molecule has 0 unspecified atom stereocenters. The fraction of sp³-hybridized carbons (Fsp3) is 0.167. The number of halogens is 2. The molecule has 0 amide bonds. The first-order chi connectivity index (χ1) is 6.75. The molecule has 0 aliphatic rings. The Labute approximate surface area is 93.5 Å². The van der Waals surface area contributed by atoms with Crippen molar-refractivity contribution in [3.63, 3.8) is 0 Å². The van der Waals surface area contributed by atoms with Gasteiger partial charge >= 0.3 is 0 Å². The van der Waals surface area contributed by atoms with Crippen LogP contribution < -0.4 is 18.5 Å². The first-order valence-electron chi connectivity index (χ1n) is 4.67. The van der Waals surface area contributed by atoms with Gasteiger partial charge in [-0.3, -0.25) is 0 Å². The van der Waals surface area contributed by atoms with Crippen molar-refractivity contribution in [2.45, 2.75) is 0 Å². The Morgan fingerprint density at radius 3 is 1.12 bits per heavy atom. The van der Waals surface area contributed by atoms with E-state index in [0.717, 1.165) is 0 Å². The molecule has 0 fully saturated rings. The molecule has 2 rings (SSSR count). The highest BCUT2D eigenvalue weighted by atomic mass is 19.0. The molecule has 0 radical (unpaired) electrons. The highest BCUT2D eigenvalue weighted by Crippen LogP contribution is 2.14. The third-order valence-corrected chi connectivity index (χ3v) is 2.29. The summed E-state index contributed by atoms with van der Waals surface area (Å²) in [6.45, 7) is 0. The van der Waals surface area contributed by atoms with Crippen LogP contribution in [0.15, 0.2) is 49.1 Å². The molecule has 0 aromatic carbocycles. The molecule has 0 saturated carbocycles. The molecule has 0 aliphatic carbocycles. The summed E-state index contributed by atoms with van der Waals surface area (Å²) in [4.78, 5) is 0. The molecule has 0 saturated heterocycles. The van der Waals surface area contributed by atoms with Crippen LogP contribution in [-0.2, 0) is 14.1 Å². The third-order valence-electron chi connectivity index (χ3n) is 2.29. The van der Waals surface area contributed by atoms with E-state index in [-0.39, 0.29) is 9.41 Å². The minimum Gasteiger partial charge on any atom is -1.00 e. The second-order valence-corrected chi connectivity index (χ2v) is 3.50. The Kier molecular flexibility index (Phi) is 5.22. The van der Waals surface area contributed by atoms with Crippen LogP contribution >= 0.6 is 0 Å². The van der Waals surface area contributed by atoms with Gasteiger partial charge in [0.2, 0.25) is 0 Å². The monoisotopic (exact) mass is 224 g/mol. The van der Waals surface area contributed by atoms with Crippen LogP contribution in [0.3, 0.4) is 0 Å². The minimum absolute atomic E-state index is 0. The third kappa shape index (κ3) is 3.08. The zero-order valence-corrected chi connectivity index (χ0v) is 9.27. The molecule has 2 aromatic heterocycles. The summed E-state index contributed by atoms with van der Waals surface area (Å²) in [5.74, 6) is 0. The van der Waals surface area contributed by atoms with E-state index in [1.54, 1.807) is 0 Å². The Morgan fingerprint density at radius 2 is 0.875 bits per heavy atom. The van der Waals surface area contributed by atoms with Crippen molar-refractivity contribution >= 4 is 0 Å². The van der Waals surface area contributed by atoms with Crippen molar-refractivity contribution in [2.24, 2.45) is 14.1 Å². The predicted molar refractivity (Wildman–Crippen MR) is 54.2 cm³/mol. The van der Waals surface area contributed by atoms with E-state index in [1.165, 1.54) is 11.1 Å². The number of pyridine rings is 2. The second kappa shape index (κ2) is 5.90. The molecule has 0 spiro atoms. The lowest BCUT2D eigenvalue weighted by molar-refractivity contribution is -0.671. The fourth-order valence-electron chi connectivity index (χ4n) is 1.39. The van der Waals surface area contributed by atoms with Gasteiger partial charge in [0.05, 0.1) is 0 Å². The molecule has 2 nitrogen and oxygen atoms in total. The normalized spacial score (nSPS) is 8.88. The van der Waals surface area contributed by atoms with Gasteiger partial charge in [0, 0.05) is 24.3 Å². The summed E-state index contributed by atoms with van der Waals surface area (Å²) in [7, 11) is 4.05. The molecule has 2 aromatic rings. The van der Waals surface area contributed by atoms with Crippen LogP contribution in [0.5, 0.6) is 0 Å². The number of nitrogens with zero attached hydrogens (tertiary/aromatic N) is 2. The second-order valence-electron chi connectivity index (χ2n) is 3.50. The van der Waals surface area contributed by atoms with E-state index < -0.39 is 0 Å². The molecule has 2 heterocycles. The van der Waals surface area contributed by atoms with Gasteiger partial charge in [0.15, 0.2) is 24.8 Å². The van der Waals surface area contributed by atoms with E-state index >= 15 is 0 Å². The quantitative estimate of drug-likeness (QED) is 0.429. The van der Waals surface area contributed by atoms with Crippen molar-refractivity contribution in [1.82, 2.24) is 0 Å². The maximum absolute atomic E-state index is 2.12. The van der Waals surface area contributed by atoms with E-state index in [9.17, 15) is 0 Å². The number of hydrogen-bond donors (Lipinski definition) is 0. The topological polar surface area (TPSA) is 7.76 Å². The van der Waals surface area contributed by atoms with Gasteiger partial charge in [-0.05, 0) is 11.1 Å². The van der Waals surface area contributed by atoms with Gasteiger partial charge in [-0.15, -0.1) is 0 Å². The summed E-state index contributed by atoms with van der Waals surface area (Å²) < 4.78 is 4.07. The summed E-state index contributed by atoms with van der Waals surface area (Å²) in [6, 6.07) is 8.48. The number of rotatable bonds is 1. The van der Waals surface area contributed by atoms with Crippen molar-refractivity contribution in [1.29, 1.82) is 0 Å². The zero-order valence-electron chi connectivity index (χ0n) is 9.27. The predicted octanol–water partition coefficient (Wildman–Crippen LogP) is -4.99. The molecular formula is C12H14F2N2. The summed E-state index contributed by atoms with van der Waals surface area (Å²) >= 11 is 0. The van der Waals surface area contributed by atoms with Gasteiger partial charge in [-0.25, -0.2) is 9.13 Å². The fourth-order valence-corrected chi connectivity index (χ4v) is 1.39. The Balaban J connectivity index is 0.00000112. The maximum Gasteiger partial charge on any atom is 0.169 e. The highest BCUT2D eigenvalue weighted by molar-refractivity contribution is 5.60. The van der Waals surface area contributed by atoms with Crippen LogP contribution in [0.25, 0.3) is 11.1 Å². The highest BCUT2D eigenvalue weighted by Gasteiger charge is 2.00. The number of aromatic nitrogens is 2. The SMILES string of the molecule is C[n+]1ccc(-c2cc[n+](C)cc2)cc1.[F-].[F-]. The van der Waals surface area contributed by atoms with Crippen LogP contribution in [0, 0.1) is 0 Å². The lowest BCUT2D eigenvalue weighted by Crippen LogP contribution is -3.00. The average molecular weight is 224 g/mol. The van der Waals surface area contributed by atoms with Crippen LogP contribution in [-0.4, -0.2) is 0 Å². The summed E-state index contributed by atoms with van der Waals surface area (Å²) in [6.07, 6.45) is 8.23. The zero-order chi connectivity index (χ0) is 9.97. The lowest BCUT2D eigenvalue weighted by Gasteiger charge is -1.97. The number of aryl methyl sites for hydroxylation is 2. The van der Waals surface area contributed by atoms with Crippen LogP contribution in [0.4, 0.5) is 0 Å². The molecule has 4 heteroatoms. The van der Waals surface area contributed by atoms with Crippen LogP contribution in [0.1, 0.15) is 0 Å². The molecule has 16 heavy (non-hydrogen) atoms. The van der Waals surface area contributed by atoms with Gasteiger partial charge in [-0.2, -0.15) is 0 Å². The maximum atomic E-state index is 2.12. The van der Waals surface area contributed by atoms with Crippen LogP contribution in [0.2, 0.25) is 0 Å². The Morgan fingerprint density at radius 1 is 0.625 bits per heavy atom. The largest absolute Gasteiger partial charge is 1.00 e. The van der Waals surface area contributed by atoms with Gasteiger partial charge in [-0.1, -0.05) is 0 Å². The van der Waals surface area contributed by atoms with E-state index in [2.05, 4.69) is 49.1 Å². The summed E-state index contributed by atoms with van der Waals surface area (Å²) in [5.41, 5.74) is 2.51. The Bertz CT molecular complexity index is 380. The van der Waals surface area contributed by atoms with Crippen molar-refractivity contribution in [3.05, 3.63) is 49.1 Å². The summed E-state index contributed by atoms with van der Waals surface area (Å²) in [5, 5.41) is 0. The minimum atomic E-state index is 0. The standard InChI is InChI=1S/C12H14N2.2FH/c1-13-7-3-11(4-8-13)12-5-9-14(2)10-6-12;;/h3-10H,1-2H3;2*1H/q+2;;/p-2. The molecule has 86 valence electrons. The van der Waals surface area contributed by atoms with Crippen molar-refractivity contribution in [3.8, 4) is 11.1 Å². The van der Waals surface area contributed by atoms with E-state index in [1.807, 2.05) is 23.2 Å². The lowest BCUT2D eigenvalue weighted by atomic mass is 10.1. The first-order valence-corrected chi connectivity index (χ1v) is 4.67.